The fourth-order valence-corrected chi connectivity index (χ4v) is 4.62. The SMILES string of the molecule is CCCN1C(=O)S/C(=C\c2ccc3c(c2)[C@@H](C)CC(C)(C)N3C)C1=O. The number of benzene rings is 1. The smallest absolute Gasteiger partial charge is 0.293 e. The maximum atomic E-state index is 12.4. The van der Waals surface area contributed by atoms with Crippen LogP contribution in [0.1, 0.15) is 57.6 Å². The number of anilines is 1. The van der Waals surface area contributed by atoms with E-state index in [1.807, 2.05) is 19.1 Å². The summed E-state index contributed by atoms with van der Waals surface area (Å²) in [7, 11) is 2.14. The molecule has 1 saturated heterocycles. The Bertz CT molecular complexity index is 754. The van der Waals surface area contributed by atoms with Crippen LogP contribution in [0.15, 0.2) is 23.1 Å². The van der Waals surface area contributed by atoms with Gasteiger partial charge in [0, 0.05) is 24.8 Å². The van der Waals surface area contributed by atoms with Gasteiger partial charge in [0.25, 0.3) is 11.1 Å². The summed E-state index contributed by atoms with van der Waals surface area (Å²) < 4.78 is 0. The number of fused-ring (bicyclic) bond motifs is 1. The summed E-state index contributed by atoms with van der Waals surface area (Å²) in [5, 5.41) is -0.161. The first-order valence-electron chi connectivity index (χ1n) is 8.87. The average molecular weight is 359 g/mol. The molecule has 1 atom stereocenters. The number of hydrogen-bond acceptors (Lipinski definition) is 4. The van der Waals surface area contributed by atoms with Gasteiger partial charge in [0.15, 0.2) is 0 Å². The first-order chi connectivity index (χ1) is 11.7. The summed E-state index contributed by atoms with van der Waals surface area (Å²) in [6.07, 6.45) is 3.73. The van der Waals surface area contributed by atoms with E-state index in [0.29, 0.717) is 17.4 Å². The molecule has 25 heavy (non-hydrogen) atoms. The second kappa shape index (κ2) is 6.52. The maximum Gasteiger partial charge on any atom is 0.293 e. The van der Waals surface area contributed by atoms with Gasteiger partial charge in [-0.2, -0.15) is 0 Å². The van der Waals surface area contributed by atoms with Gasteiger partial charge in [-0.15, -0.1) is 0 Å². The molecule has 1 aromatic carbocycles. The molecule has 1 fully saturated rings. The Morgan fingerprint density at radius 2 is 2.04 bits per heavy atom. The first kappa shape index (κ1) is 18.1. The first-order valence-corrected chi connectivity index (χ1v) is 9.69. The lowest BCUT2D eigenvalue weighted by atomic mass is 9.80. The molecule has 134 valence electrons. The number of hydrogen-bond donors (Lipinski definition) is 0. The molecule has 2 aliphatic rings. The fraction of sp³-hybridized carbons (Fsp3) is 0.500. The van der Waals surface area contributed by atoms with Gasteiger partial charge in [0.05, 0.1) is 4.91 Å². The van der Waals surface area contributed by atoms with Crippen LogP contribution in [0.4, 0.5) is 10.5 Å². The minimum Gasteiger partial charge on any atom is -0.369 e. The highest BCUT2D eigenvalue weighted by Crippen LogP contribution is 2.43. The van der Waals surface area contributed by atoms with Gasteiger partial charge >= 0.3 is 0 Å². The van der Waals surface area contributed by atoms with Crippen molar-refractivity contribution in [1.82, 2.24) is 4.90 Å². The van der Waals surface area contributed by atoms with Crippen LogP contribution in [0.2, 0.25) is 0 Å². The summed E-state index contributed by atoms with van der Waals surface area (Å²) in [4.78, 5) is 28.6. The van der Waals surface area contributed by atoms with Gasteiger partial charge in [-0.05, 0) is 73.7 Å². The van der Waals surface area contributed by atoms with E-state index in [1.54, 1.807) is 0 Å². The molecule has 4 nitrogen and oxygen atoms in total. The minimum atomic E-state index is -0.166. The van der Waals surface area contributed by atoms with Crippen molar-refractivity contribution in [2.24, 2.45) is 0 Å². The standard InChI is InChI=1S/C20H26N2O2S/c1-6-9-22-18(23)17(25-19(22)24)11-14-7-8-16-15(10-14)13(2)12-20(3,4)21(16)5/h7-8,10-11,13H,6,9,12H2,1-5H3/b17-11-/t13-/m0/s1. The molecule has 1 aromatic rings. The number of thioether (sulfide) groups is 1. The van der Waals surface area contributed by atoms with Crippen LogP contribution in [0.5, 0.6) is 0 Å². The number of imide groups is 1. The third-order valence-corrected chi connectivity index (χ3v) is 6.18. The molecule has 3 rings (SSSR count). The fourth-order valence-electron chi connectivity index (χ4n) is 3.75. The summed E-state index contributed by atoms with van der Waals surface area (Å²) in [6.45, 7) is 9.25. The highest BCUT2D eigenvalue weighted by atomic mass is 32.2. The van der Waals surface area contributed by atoms with E-state index < -0.39 is 0 Å². The van der Waals surface area contributed by atoms with Crippen molar-refractivity contribution in [1.29, 1.82) is 0 Å². The van der Waals surface area contributed by atoms with Crippen LogP contribution in [0.3, 0.4) is 0 Å². The summed E-state index contributed by atoms with van der Waals surface area (Å²) in [5.74, 6) is 0.297. The van der Waals surface area contributed by atoms with Gasteiger partial charge in [0.1, 0.15) is 0 Å². The Balaban J connectivity index is 1.92. The van der Waals surface area contributed by atoms with E-state index in [0.717, 1.165) is 30.2 Å². The van der Waals surface area contributed by atoms with E-state index in [1.165, 1.54) is 16.2 Å². The largest absolute Gasteiger partial charge is 0.369 e. The molecule has 0 radical (unpaired) electrons. The molecule has 0 aliphatic carbocycles. The van der Waals surface area contributed by atoms with Crippen LogP contribution in [-0.2, 0) is 4.79 Å². The molecule has 0 unspecified atom stereocenters. The van der Waals surface area contributed by atoms with Crippen molar-refractivity contribution in [2.75, 3.05) is 18.5 Å². The van der Waals surface area contributed by atoms with Crippen LogP contribution in [-0.4, -0.2) is 35.2 Å². The normalized spacial score (nSPS) is 24.2. The van der Waals surface area contributed by atoms with Gasteiger partial charge in [0.2, 0.25) is 0 Å². The molecule has 0 saturated carbocycles. The second-order valence-corrected chi connectivity index (χ2v) is 8.62. The van der Waals surface area contributed by atoms with E-state index in [4.69, 9.17) is 0 Å². The maximum absolute atomic E-state index is 12.4. The van der Waals surface area contributed by atoms with Crippen molar-refractivity contribution in [2.45, 2.75) is 52.0 Å². The van der Waals surface area contributed by atoms with Gasteiger partial charge in [-0.3, -0.25) is 14.5 Å². The highest BCUT2D eigenvalue weighted by Gasteiger charge is 2.35. The van der Waals surface area contributed by atoms with Crippen molar-refractivity contribution in [3.8, 4) is 0 Å². The van der Waals surface area contributed by atoms with Gasteiger partial charge in [-0.25, -0.2) is 0 Å². The molecule has 2 aliphatic heterocycles. The zero-order valence-corrected chi connectivity index (χ0v) is 16.4. The second-order valence-electron chi connectivity index (χ2n) is 7.63. The summed E-state index contributed by atoms with van der Waals surface area (Å²) >= 11 is 1.04. The number of carbonyl (C=O) groups is 2. The predicted octanol–water partition coefficient (Wildman–Crippen LogP) is 4.85. The van der Waals surface area contributed by atoms with Crippen LogP contribution < -0.4 is 4.90 Å². The molecular weight excluding hydrogens is 332 g/mol. The van der Waals surface area contributed by atoms with Gasteiger partial charge in [-0.1, -0.05) is 19.9 Å². The third kappa shape index (κ3) is 3.22. The number of amides is 2. The predicted molar refractivity (Wildman–Crippen MR) is 105 cm³/mol. The van der Waals surface area contributed by atoms with Crippen LogP contribution >= 0.6 is 11.8 Å². The Morgan fingerprint density at radius 3 is 2.72 bits per heavy atom. The molecule has 0 aromatic heterocycles. The average Bonchev–Trinajstić information content (AvgIpc) is 2.80. The molecule has 2 heterocycles. The van der Waals surface area contributed by atoms with Crippen molar-refractivity contribution >= 4 is 34.7 Å². The van der Waals surface area contributed by atoms with Crippen LogP contribution in [0, 0.1) is 0 Å². The lowest BCUT2D eigenvalue weighted by molar-refractivity contribution is -0.122. The quantitative estimate of drug-likeness (QED) is 0.724. The van der Waals surface area contributed by atoms with E-state index in [2.05, 4.69) is 44.9 Å². The lowest BCUT2D eigenvalue weighted by Gasteiger charge is -2.45. The van der Waals surface area contributed by atoms with Crippen molar-refractivity contribution in [3.63, 3.8) is 0 Å². The van der Waals surface area contributed by atoms with Gasteiger partial charge < -0.3 is 4.90 Å². The number of rotatable bonds is 3. The monoisotopic (exact) mass is 358 g/mol. The summed E-state index contributed by atoms with van der Waals surface area (Å²) in [5.41, 5.74) is 3.68. The summed E-state index contributed by atoms with van der Waals surface area (Å²) in [6, 6.07) is 6.34. The zero-order valence-electron chi connectivity index (χ0n) is 15.6. The number of carbonyl (C=O) groups excluding carboxylic acids is 2. The van der Waals surface area contributed by atoms with Crippen molar-refractivity contribution in [3.05, 3.63) is 34.2 Å². The Labute approximate surface area is 154 Å². The Morgan fingerprint density at radius 1 is 1.32 bits per heavy atom. The third-order valence-electron chi connectivity index (χ3n) is 5.28. The van der Waals surface area contributed by atoms with E-state index >= 15 is 0 Å². The molecule has 0 bridgehead atoms. The van der Waals surface area contributed by atoms with E-state index in [9.17, 15) is 9.59 Å². The Hall–Kier alpha value is -1.75. The number of nitrogens with zero attached hydrogens (tertiary/aromatic N) is 2. The molecule has 5 heteroatoms. The molecule has 2 amide bonds. The molecule has 0 N–H and O–H groups in total. The highest BCUT2D eigenvalue weighted by molar-refractivity contribution is 8.18. The topological polar surface area (TPSA) is 40.6 Å². The molecular formula is C20H26N2O2S. The lowest BCUT2D eigenvalue weighted by Crippen LogP contribution is -2.45. The van der Waals surface area contributed by atoms with Crippen LogP contribution in [0.25, 0.3) is 6.08 Å². The van der Waals surface area contributed by atoms with Crippen molar-refractivity contribution < 1.29 is 9.59 Å². The molecule has 0 spiro atoms. The van der Waals surface area contributed by atoms with E-state index in [-0.39, 0.29) is 16.7 Å². The zero-order chi connectivity index (χ0) is 18.4. The minimum absolute atomic E-state index is 0.136. The Kier molecular flexibility index (Phi) is 4.71.